The van der Waals surface area contributed by atoms with Crippen LogP contribution in [0.15, 0.2) is 23.0 Å². The van der Waals surface area contributed by atoms with E-state index in [-0.39, 0.29) is 17.5 Å². The molecule has 0 aliphatic carbocycles. The van der Waals surface area contributed by atoms with Crippen LogP contribution >= 0.6 is 0 Å². The highest BCUT2D eigenvalue weighted by Gasteiger charge is 2.37. The average molecular weight is 303 g/mol. The summed E-state index contributed by atoms with van der Waals surface area (Å²) < 4.78 is 7.22. The van der Waals surface area contributed by atoms with Gasteiger partial charge in [0.25, 0.3) is 5.56 Å². The SMILES string of the molecule is O=C(N1CCOCC1)N1C[C@@H]2C[C@@H](C1)c1cccc(=O)n1C2. The Balaban J connectivity index is 1.55. The molecule has 22 heavy (non-hydrogen) atoms. The molecule has 1 aromatic heterocycles. The van der Waals surface area contributed by atoms with Gasteiger partial charge in [-0.2, -0.15) is 0 Å². The lowest BCUT2D eigenvalue weighted by molar-refractivity contribution is 0.0353. The molecule has 4 rings (SSSR count). The predicted octanol–water partition coefficient (Wildman–Crippen LogP) is 0.720. The number of piperidine rings is 1. The van der Waals surface area contributed by atoms with Gasteiger partial charge in [-0.05, 0) is 18.4 Å². The van der Waals surface area contributed by atoms with Gasteiger partial charge in [-0.1, -0.05) is 6.07 Å². The first-order valence-electron chi connectivity index (χ1n) is 8.04. The standard InChI is InChI=1S/C16H21N3O3/c20-15-3-1-2-14-13-8-12(10-19(14)15)9-18(11-13)16(21)17-4-6-22-7-5-17/h1-3,12-13H,4-11H2/t12-,13-/m0/s1. The number of rotatable bonds is 0. The predicted molar refractivity (Wildman–Crippen MR) is 80.9 cm³/mol. The maximum absolute atomic E-state index is 12.7. The quantitative estimate of drug-likeness (QED) is 0.709. The van der Waals surface area contributed by atoms with E-state index in [1.165, 1.54) is 0 Å². The van der Waals surface area contributed by atoms with E-state index in [0.717, 1.165) is 31.7 Å². The number of aromatic nitrogens is 1. The Morgan fingerprint density at radius 3 is 2.73 bits per heavy atom. The van der Waals surface area contributed by atoms with Gasteiger partial charge in [0.05, 0.1) is 13.2 Å². The van der Waals surface area contributed by atoms with E-state index in [2.05, 4.69) is 0 Å². The zero-order valence-corrected chi connectivity index (χ0v) is 12.6. The molecule has 2 atom stereocenters. The third-order valence-electron chi connectivity index (χ3n) is 5.03. The van der Waals surface area contributed by atoms with E-state index in [4.69, 9.17) is 4.74 Å². The Morgan fingerprint density at radius 2 is 1.91 bits per heavy atom. The van der Waals surface area contributed by atoms with Crippen molar-refractivity contribution in [2.75, 3.05) is 39.4 Å². The zero-order valence-electron chi connectivity index (χ0n) is 12.6. The number of nitrogens with zero attached hydrogens (tertiary/aromatic N) is 3. The van der Waals surface area contributed by atoms with Crippen LogP contribution in [0.3, 0.4) is 0 Å². The lowest BCUT2D eigenvalue weighted by Crippen LogP contribution is -2.54. The lowest BCUT2D eigenvalue weighted by atomic mass is 9.83. The van der Waals surface area contributed by atoms with Crippen LogP contribution in [-0.4, -0.2) is 59.8 Å². The van der Waals surface area contributed by atoms with Crippen molar-refractivity contribution in [3.05, 3.63) is 34.2 Å². The highest BCUT2D eigenvalue weighted by atomic mass is 16.5. The second kappa shape index (κ2) is 5.43. The van der Waals surface area contributed by atoms with Crippen LogP contribution in [0, 0.1) is 5.92 Å². The van der Waals surface area contributed by atoms with Gasteiger partial charge in [0.15, 0.2) is 0 Å². The van der Waals surface area contributed by atoms with Crippen LogP contribution in [0.2, 0.25) is 0 Å². The van der Waals surface area contributed by atoms with Crippen molar-refractivity contribution in [2.24, 2.45) is 5.92 Å². The van der Waals surface area contributed by atoms with Gasteiger partial charge in [0.1, 0.15) is 0 Å². The number of ether oxygens (including phenoxy) is 1. The third-order valence-corrected chi connectivity index (χ3v) is 5.03. The number of fused-ring (bicyclic) bond motifs is 4. The molecular weight excluding hydrogens is 282 g/mol. The molecule has 0 saturated carbocycles. The van der Waals surface area contributed by atoms with Gasteiger partial charge in [0, 0.05) is 50.4 Å². The minimum atomic E-state index is 0.0835. The molecular formula is C16H21N3O3. The highest BCUT2D eigenvalue weighted by molar-refractivity contribution is 5.74. The zero-order chi connectivity index (χ0) is 15.1. The molecule has 2 amide bonds. The second-order valence-electron chi connectivity index (χ2n) is 6.49. The van der Waals surface area contributed by atoms with Crippen LogP contribution in [0.4, 0.5) is 4.79 Å². The fourth-order valence-electron chi connectivity index (χ4n) is 4.01. The molecule has 118 valence electrons. The first-order valence-corrected chi connectivity index (χ1v) is 8.04. The molecule has 6 heteroatoms. The number of urea groups is 1. The maximum Gasteiger partial charge on any atom is 0.320 e. The van der Waals surface area contributed by atoms with Crippen LogP contribution in [0.25, 0.3) is 0 Å². The van der Waals surface area contributed by atoms with Crippen molar-refractivity contribution in [2.45, 2.75) is 18.9 Å². The monoisotopic (exact) mass is 303 g/mol. The number of carbonyl (C=O) groups excluding carboxylic acids is 1. The number of hydrogen-bond acceptors (Lipinski definition) is 3. The van der Waals surface area contributed by atoms with Crippen molar-refractivity contribution in [3.63, 3.8) is 0 Å². The molecule has 2 saturated heterocycles. The Bertz CT molecular complexity index is 636. The minimum absolute atomic E-state index is 0.0835. The first-order chi connectivity index (χ1) is 10.7. The molecule has 6 nitrogen and oxygen atoms in total. The summed E-state index contributed by atoms with van der Waals surface area (Å²) in [7, 11) is 0. The number of hydrogen-bond donors (Lipinski definition) is 0. The molecule has 0 aromatic carbocycles. The van der Waals surface area contributed by atoms with Crippen LogP contribution in [-0.2, 0) is 11.3 Å². The average Bonchev–Trinajstić information content (AvgIpc) is 2.56. The second-order valence-corrected chi connectivity index (χ2v) is 6.49. The number of amides is 2. The van der Waals surface area contributed by atoms with Crippen molar-refractivity contribution in [3.8, 4) is 0 Å². The Hall–Kier alpha value is -1.82. The molecule has 3 aliphatic heterocycles. The Labute approximate surface area is 129 Å². The van der Waals surface area contributed by atoms with E-state index in [1.807, 2.05) is 26.5 Å². The molecule has 0 radical (unpaired) electrons. The van der Waals surface area contributed by atoms with Gasteiger partial charge in [-0.15, -0.1) is 0 Å². The Morgan fingerprint density at radius 1 is 1.09 bits per heavy atom. The summed E-state index contributed by atoms with van der Waals surface area (Å²) in [6, 6.07) is 5.62. The van der Waals surface area contributed by atoms with Gasteiger partial charge in [-0.3, -0.25) is 4.79 Å². The van der Waals surface area contributed by atoms with E-state index >= 15 is 0 Å². The molecule has 0 unspecified atom stereocenters. The fourth-order valence-corrected chi connectivity index (χ4v) is 4.01. The number of carbonyl (C=O) groups is 1. The summed E-state index contributed by atoms with van der Waals surface area (Å²) in [6.45, 7) is 4.83. The van der Waals surface area contributed by atoms with Gasteiger partial charge in [-0.25, -0.2) is 4.79 Å². The summed E-state index contributed by atoms with van der Waals surface area (Å²) in [4.78, 5) is 28.6. The minimum Gasteiger partial charge on any atom is -0.378 e. The van der Waals surface area contributed by atoms with Gasteiger partial charge < -0.3 is 19.1 Å². The van der Waals surface area contributed by atoms with Crippen LogP contribution in [0.1, 0.15) is 18.0 Å². The number of likely N-dealkylation sites (tertiary alicyclic amines) is 1. The van der Waals surface area contributed by atoms with Gasteiger partial charge in [0.2, 0.25) is 0 Å². The number of pyridine rings is 1. The topological polar surface area (TPSA) is 54.8 Å². The molecule has 1 aromatic rings. The summed E-state index contributed by atoms with van der Waals surface area (Å²) in [5.41, 5.74) is 1.17. The van der Waals surface area contributed by atoms with Crippen molar-refractivity contribution < 1.29 is 9.53 Å². The first kappa shape index (κ1) is 13.8. The van der Waals surface area contributed by atoms with Crippen LogP contribution in [0.5, 0.6) is 0 Å². The maximum atomic E-state index is 12.7. The van der Waals surface area contributed by atoms with Crippen molar-refractivity contribution in [1.82, 2.24) is 14.4 Å². The summed E-state index contributed by atoms with van der Waals surface area (Å²) >= 11 is 0. The molecule has 3 aliphatic rings. The largest absolute Gasteiger partial charge is 0.378 e. The molecule has 0 spiro atoms. The normalized spacial score (nSPS) is 27.5. The van der Waals surface area contributed by atoms with E-state index < -0.39 is 0 Å². The fraction of sp³-hybridized carbons (Fsp3) is 0.625. The van der Waals surface area contributed by atoms with Crippen molar-refractivity contribution >= 4 is 6.03 Å². The molecule has 2 fully saturated rings. The van der Waals surface area contributed by atoms with E-state index in [1.54, 1.807) is 6.07 Å². The van der Waals surface area contributed by atoms with E-state index in [0.29, 0.717) is 32.2 Å². The smallest absolute Gasteiger partial charge is 0.320 e. The third kappa shape index (κ3) is 2.31. The Kier molecular flexibility index (Phi) is 3.41. The summed E-state index contributed by atoms with van der Waals surface area (Å²) in [5, 5.41) is 0. The van der Waals surface area contributed by atoms with Crippen molar-refractivity contribution in [1.29, 1.82) is 0 Å². The van der Waals surface area contributed by atoms with Crippen LogP contribution < -0.4 is 5.56 Å². The van der Waals surface area contributed by atoms with Gasteiger partial charge >= 0.3 is 6.03 Å². The lowest BCUT2D eigenvalue weighted by Gasteiger charge is -2.44. The number of morpholine rings is 1. The highest BCUT2D eigenvalue weighted by Crippen LogP contribution is 2.35. The van der Waals surface area contributed by atoms with E-state index in [9.17, 15) is 9.59 Å². The molecule has 2 bridgehead atoms. The molecule has 0 N–H and O–H groups in total. The molecule has 4 heterocycles. The summed E-state index contributed by atoms with van der Waals surface area (Å²) in [5.74, 6) is 0.669. The summed E-state index contributed by atoms with van der Waals surface area (Å²) in [6.07, 6.45) is 1.08.